The lowest BCUT2D eigenvalue weighted by Gasteiger charge is -2.13. The van der Waals surface area contributed by atoms with Gasteiger partial charge in [0.25, 0.3) is 0 Å². The van der Waals surface area contributed by atoms with Gasteiger partial charge in [-0.1, -0.05) is 42.8 Å². The van der Waals surface area contributed by atoms with Gasteiger partial charge in [-0.25, -0.2) is 4.68 Å². The Morgan fingerprint density at radius 3 is 2.79 bits per heavy atom. The van der Waals surface area contributed by atoms with Crippen molar-refractivity contribution >= 4 is 23.4 Å². The molecule has 1 heterocycles. The molecular formula is C17H25N5OS. The lowest BCUT2D eigenvalue weighted by molar-refractivity contribution is -0.115. The summed E-state index contributed by atoms with van der Waals surface area (Å²) in [6.07, 6.45) is 2.89. The number of nitrogens with zero attached hydrogens (tertiary/aromatic N) is 3. The number of hydrogen-bond acceptors (Lipinski definition) is 5. The zero-order chi connectivity index (χ0) is 17.7. The molecule has 1 aromatic carbocycles. The molecule has 7 heteroatoms. The summed E-state index contributed by atoms with van der Waals surface area (Å²) in [5.74, 6) is 6.70. The van der Waals surface area contributed by atoms with Crippen LogP contribution in [0.3, 0.4) is 0 Å². The number of aryl methyl sites for hydroxylation is 3. The van der Waals surface area contributed by atoms with Crippen LogP contribution in [0.15, 0.2) is 23.4 Å². The Bertz CT molecular complexity index is 713. The summed E-state index contributed by atoms with van der Waals surface area (Å²) in [5, 5.41) is 11.4. The van der Waals surface area contributed by atoms with Crippen molar-refractivity contribution in [2.75, 3.05) is 11.2 Å². The minimum atomic E-state index is -0.323. The molecule has 0 aliphatic heterocycles. The van der Waals surface area contributed by atoms with Gasteiger partial charge in [0.2, 0.25) is 11.1 Å². The minimum Gasteiger partial charge on any atom is -0.336 e. The number of thioether (sulfide) groups is 1. The molecule has 24 heavy (non-hydrogen) atoms. The summed E-state index contributed by atoms with van der Waals surface area (Å²) in [6, 6.07) is 5.95. The fourth-order valence-corrected chi connectivity index (χ4v) is 3.08. The number of unbranched alkanes of at least 4 members (excludes halogenated alkanes) is 1. The molecule has 0 aliphatic carbocycles. The second kappa shape index (κ2) is 8.19. The van der Waals surface area contributed by atoms with Gasteiger partial charge in [0, 0.05) is 12.1 Å². The largest absolute Gasteiger partial charge is 0.336 e. The average Bonchev–Trinajstić information content (AvgIpc) is 2.88. The number of amides is 1. The van der Waals surface area contributed by atoms with E-state index in [4.69, 9.17) is 5.84 Å². The van der Waals surface area contributed by atoms with Crippen molar-refractivity contribution in [3.63, 3.8) is 0 Å². The number of anilines is 1. The van der Waals surface area contributed by atoms with Gasteiger partial charge in [0.15, 0.2) is 5.82 Å². The van der Waals surface area contributed by atoms with Crippen molar-refractivity contribution in [3.05, 3.63) is 35.2 Å². The molecule has 0 fully saturated rings. The molecule has 0 bridgehead atoms. The first-order valence-corrected chi connectivity index (χ1v) is 9.04. The van der Waals surface area contributed by atoms with Crippen LogP contribution in [-0.4, -0.2) is 26.0 Å². The fraction of sp³-hybridized carbons (Fsp3) is 0.471. The molecule has 3 N–H and O–H groups in total. The van der Waals surface area contributed by atoms with E-state index < -0.39 is 0 Å². The summed E-state index contributed by atoms with van der Waals surface area (Å²) in [7, 11) is 0. The van der Waals surface area contributed by atoms with Crippen molar-refractivity contribution in [1.82, 2.24) is 14.9 Å². The van der Waals surface area contributed by atoms with E-state index in [0.29, 0.717) is 5.16 Å². The van der Waals surface area contributed by atoms with Crippen LogP contribution < -0.4 is 11.2 Å². The maximum Gasteiger partial charge on any atom is 0.237 e. The summed E-state index contributed by atoms with van der Waals surface area (Å²) < 4.78 is 1.49. The van der Waals surface area contributed by atoms with Crippen molar-refractivity contribution in [2.45, 2.75) is 57.4 Å². The van der Waals surface area contributed by atoms with Crippen molar-refractivity contribution in [1.29, 1.82) is 0 Å². The van der Waals surface area contributed by atoms with Gasteiger partial charge in [-0.05, 0) is 38.8 Å². The van der Waals surface area contributed by atoms with Gasteiger partial charge >= 0.3 is 0 Å². The van der Waals surface area contributed by atoms with E-state index in [9.17, 15) is 4.79 Å². The molecule has 2 aromatic rings. The maximum atomic E-state index is 12.4. The van der Waals surface area contributed by atoms with Crippen LogP contribution in [0.25, 0.3) is 0 Å². The molecule has 6 nitrogen and oxygen atoms in total. The Labute approximate surface area is 147 Å². The minimum absolute atomic E-state index is 0.0786. The number of carbonyl (C=O) groups excluding carboxylic acids is 1. The first-order valence-electron chi connectivity index (χ1n) is 8.16. The van der Waals surface area contributed by atoms with Crippen molar-refractivity contribution in [3.8, 4) is 0 Å². The van der Waals surface area contributed by atoms with E-state index in [1.165, 1.54) is 22.0 Å². The summed E-state index contributed by atoms with van der Waals surface area (Å²) in [4.78, 5) is 12.4. The van der Waals surface area contributed by atoms with E-state index in [1.807, 2.05) is 39.0 Å². The molecule has 0 unspecified atom stereocenters. The summed E-state index contributed by atoms with van der Waals surface area (Å²) in [5.41, 5.74) is 3.05. The molecule has 1 atom stereocenters. The Balaban J connectivity index is 2.00. The number of nitrogen functional groups attached to an aromatic ring is 1. The Hall–Kier alpha value is -2.02. The molecular weight excluding hydrogens is 322 g/mol. The van der Waals surface area contributed by atoms with E-state index in [-0.39, 0.29) is 11.2 Å². The van der Waals surface area contributed by atoms with Crippen LogP contribution in [0.1, 0.15) is 43.6 Å². The van der Waals surface area contributed by atoms with Crippen LogP contribution in [0.5, 0.6) is 0 Å². The number of benzene rings is 1. The van der Waals surface area contributed by atoms with Crippen LogP contribution in [0.4, 0.5) is 5.69 Å². The molecule has 0 spiro atoms. The average molecular weight is 347 g/mol. The zero-order valence-corrected chi connectivity index (χ0v) is 15.5. The second-order valence-corrected chi connectivity index (χ2v) is 7.25. The zero-order valence-electron chi connectivity index (χ0n) is 14.7. The highest BCUT2D eigenvalue weighted by molar-refractivity contribution is 8.00. The van der Waals surface area contributed by atoms with E-state index in [2.05, 4.69) is 22.4 Å². The van der Waals surface area contributed by atoms with Crippen molar-refractivity contribution in [2.24, 2.45) is 0 Å². The topological polar surface area (TPSA) is 85.8 Å². The number of aromatic nitrogens is 3. The highest BCUT2D eigenvalue weighted by Gasteiger charge is 2.19. The normalized spacial score (nSPS) is 12.2. The summed E-state index contributed by atoms with van der Waals surface area (Å²) >= 11 is 1.31. The monoisotopic (exact) mass is 347 g/mol. The highest BCUT2D eigenvalue weighted by atomic mass is 32.2. The first kappa shape index (κ1) is 18.3. The van der Waals surface area contributed by atoms with Gasteiger partial charge in [0.1, 0.15) is 0 Å². The highest BCUT2D eigenvalue weighted by Crippen LogP contribution is 2.23. The number of nitrogens with one attached hydrogen (secondary N) is 1. The summed E-state index contributed by atoms with van der Waals surface area (Å²) in [6.45, 7) is 7.97. The van der Waals surface area contributed by atoms with E-state index in [0.717, 1.165) is 36.3 Å². The quantitative estimate of drug-likeness (QED) is 0.594. The molecule has 1 amide bonds. The first-order chi connectivity index (χ1) is 11.4. The predicted octanol–water partition coefficient (Wildman–Crippen LogP) is 3.07. The van der Waals surface area contributed by atoms with Crippen LogP contribution >= 0.6 is 11.8 Å². The van der Waals surface area contributed by atoms with Gasteiger partial charge in [-0.3, -0.25) is 4.79 Å². The van der Waals surface area contributed by atoms with Gasteiger partial charge in [0.05, 0.1) is 5.25 Å². The fourth-order valence-electron chi connectivity index (χ4n) is 2.29. The van der Waals surface area contributed by atoms with Gasteiger partial charge in [-0.15, -0.1) is 10.2 Å². The van der Waals surface area contributed by atoms with E-state index >= 15 is 0 Å². The van der Waals surface area contributed by atoms with Crippen LogP contribution in [0, 0.1) is 13.8 Å². The smallest absolute Gasteiger partial charge is 0.237 e. The lowest BCUT2D eigenvalue weighted by atomic mass is 10.1. The lowest BCUT2D eigenvalue weighted by Crippen LogP contribution is -2.24. The molecule has 2 rings (SSSR count). The number of carbonyl (C=O) groups is 1. The predicted molar refractivity (Wildman–Crippen MR) is 98.6 cm³/mol. The third-order valence-electron chi connectivity index (χ3n) is 3.78. The van der Waals surface area contributed by atoms with Gasteiger partial charge < -0.3 is 11.2 Å². The Kier molecular flexibility index (Phi) is 6.25. The molecule has 0 aliphatic rings. The molecule has 0 saturated heterocycles. The van der Waals surface area contributed by atoms with E-state index in [1.54, 1.807) is 0 Å². The third-order valence-corrected chi connectivity index (χ3v) is 4.84. The Morgan fingerprint density at radius 2 is 2.12 bits per heavy atom. The SMILES string of the molecule is CCCCc1nnc(S[C@@H](C)C(=O)Nc2ccc(C)cc2C)n1N. The molecule has 0 saturated carbocycles. The van der Waals surface area contributed by atoms with Crippen molar-refractivity contribution < 1.29 is 4.79 Å². The standard InChI is InChI=1S/C17H25N5OS/c1-5-6-7-15-20-21-17(22(15)18)24-13(4)16(23)19-14-9-8-11(2)10-12(14)3/h8-10,13H,5-7,18H2,1-4H3,(H,19,23)/t13-/m0/s1. The molecule has 0 radical (unpaired) electrons. The third kappa shape index (κ3) is 4.50. The second-order valence-electron chi connectivity index (χ2n) is 5.94. The number of hydrogen-bond donors (Lipinski definition) is 2. The van der Waals surface area contributed by atoms with Crippen LogP contribution in [0.2, 0.25) is 0 Å². The molecule has 130 valence electrons. The van der Waals surface area contributed by atoms with Crippen LogP contribution in [-0.2, 0) is 11.2 Å². The Morgan fingerprint density at radius 1 is 1.38 bits per heavy atom. The number of rotatable bonds is 7. The maximum absolute atomic E-state index is 12.4. The number of nitrogens with two attached hydrogens (primary N) is 1. The molecule has 1 aromatic heterocycles. The van der Waals surface area contributed by atoms with Gasteiger partial charge in [-0.2, -0.15) is 0 Å².